The average Bonchev–Trinajstić information content (AvgIpc) is 3.02. The number of halogens is 2. The van der Waals surface area contributed by atoms with E-state index >= 15 is 0 Å². The molecule has 0 saturated carbocycles. The van der Waals surface area contributed by atoms with Crippen molar-refractivity contribution in [2.45, 2.75) is 37.8 Å². The molecule has 2 amide bonds. The fourth-order valence-corrected chi connectivity index (χ4v) is 6.61. The van der Waals surface area contributed by atoms with Gasteiger partial charge in [-0.2, -0.15) is 0 Å². The fraction of sp³-hybridized carbons (Fsp3) is 0.235. The third-order valence-electron chi connectivity index (χ3n) is 6.99. The monoisotopic (exact) mass is 651 g/mol. The van der Waals surface area contributed by atoms with E-state index in [9.17, 15) is 18.0 Å². The van der Waals surface area contributed by atoms with Crippen molar-refractivity contribution in [2.75, 3.05) is 17.4 Å². The van der Waals surface area contributed by atoms with Gasteiger partial charge in [0.25, 0.3) is 10.0 Å². The molecule has 0 aliphatic carbocycles. The summed E-state index contributed by atoms with van der Waals surface area (Å²) in [6.45, 7) is 3.75. The first-order valence-corrected chi connectivity index (χ1v) is 16.4. The number of amides is 2. The van der Waals surface area contributed by atoms with Gasteiger partial charge in [0.1, 0.15) is 12.6 Å². The van der Waals surface area contributed by atoms with Gasteiger partial charge in [-0.05, 0) is 47.4 Å². The van der Waals surface area contributed by atoms with E-state index < -0.39 is 28.5 Å². The molecular formula is C34H35Cl2N3O4S. The zero-order valence-corrected chi connectivity index (χ0v) is 26.9. The van der Waals surface area contributed by atoms with Gasteiger partial charge in [0.05, 0.1) is 15.6 Å². The Labute approximate surface area is 269 Å². The van der Waals surface area contributed by atoms with Crippen molar-refractivity contribution in [3.8, 4) is 0 Å². The number of anilines is 1. The molecule has 0 aliphatic rings. The highest BCUT2D eigenvalue weighted by atomic mass is 35.5. The second kappa shape index (κ2) is 15.2. The number of rotatable bonds is 13. The first-order valence-electron chi connectivity index (χ1n) is 14.2. The van der Waals surface area contributed by atoms with Crippen molar-refractivity contribution in [3.05, 3.63) is 130 Å². The molecule has 0 saturated heterocycles. The molecule has 0 spiro atoms. The van der Waals surface area contributed by atoms with Gasteiger partial charge in [-0.15, -0.1) is 0 Å². The molecule has 0 aliphatic heterocycles. The summed E-state index contributed by atoms with van der Waals surface area (Å²) in [7, 11) is -4.24. The van der Waals surface area contributed by atoms with Gasteiger partial charge in [-0.25, -0.2) is 8.42 Å². The lowest BCUT2D eigenvalue weighted by Crippen LogP contribution is -2.53. The predicted octanol–water partition coefficient (Wildman–Crippen LogP) is 6.60. The van der Waals surface area contributed by atoms with Crippen molar-refractivity contribution >= 4 is 50.7 Å². The Morgan fingerprint density at radius 2 is 1.34 bits per heavy atom. The number of hydrogen-bond acceptors (Lipinski definition) is 4. The molecule has 230 valence electrons. The summed E-state index contributed by atoms with van der Waals surface area (Å²) in [5.74, 6) is -0.765. The van der Waals surface area contributed by atoms with E-state index in [1.165, 1.54) is 17.0 Å². The molecule has 10 heteroatoms. The minimum Gasteiger partial charge on any atom is -0.354 e. The molecule has 0 fully saturated rings. The Kier molecular flexibility index (Phi) is 11.4. The van der Waals surface area contributed by atoms with Crippen LogP contribution in [0.25, 0.3) is 0 Å². The maximum Gasteiger partial charge on any atom is 0.264 e. The van der Waals surface area contributed by atoms with Crippen LogP contribution in [-0.4, -0.2) is 44.3 Å². The Bertz CT molecular complexity index is 1670. The standard InChI is InChI=1S/C34H35Cl2N3O4S/c1-25(2)22-37-34(41)32(21-26-13-5-3-6-14-26)38(23-27-15-9-10-18-29(27)35)33(40)24-39(31-20-12-11-19-30(31)36)44(42,43)28-16-7-4-8-17-28/h3-20,25,32H,21-24H2,1-2H3,(H,37,41)/t32-/m1/s1. The highest BCUT2D eigenvalue weighted by Gasteiger charge is 2.35. The normalized spacial score (nSPS) is 12.0. The molecule has 1 N–H and O–H groups in total. The lowest BCUT2D eigenvalue weighted by atomic mass is 10.0. The number of para-hydroxylation sites is 1. The van der Waals surface area contributed by atoms with E-state index in [0.717, 1.165) is 9.87 Å². The van der Waals surface area contributed by atoms with E-state index in [2.05, 4.69) is 5.32 Å². The van der Waals surface area contributed by atoms with Crippen molar-refractivity contribution in [1.29, 1.82) is 0 Å². The molecule has 0 radical (unpaired) electrons. The second-order valence-corrected chi connectivity index (χ2v) is 13.4. The Balaban J connectivity index is 1.81. The van der Waals surface area contributed by atoms with Gasteiger partial charge >= 0.3 is 0 Å². The van der Waals surface area contributed by atoms with Gasteiger partial charge in [0, 0.05) is 24.5 Å². The maximum atomic E-state index is 14.5. The van der Waals surface area contributed by atoms with E-state index in [4.69, 9.17) is 23.2 Å². The number of benzene rings is 4. The fourth-order valence-electron chi connectivity index (χ4n) is 4.67. The van der Waals surface area contributed by atoms with Crippen LogP contribution in [0.5, 0.6) is 0 Å². The molecule has 4 aromatic rings. The van der Waals surface area contributed by atoms with Crippen LogP contribution in [-0.2, 0) is 32.6 Å². The molecule has 0 unspecified atom stereocenters. The Hall–Kier alpha value is -3.85. The van der Waals surface area contributed by atoms with Crippen molar-refractivity contribution in [3.63, 3.8) is 0 Å². The largest absolute Gasteiger partial charge is 0.354 e. The van der Waals surface area contributed by atoms with E-state index in [1.807, 2.05) is 44.2 Å². The van der Waals surface area contributed by atoms with Crippen molar-refractivity contribution in [2.24, 2.45) is 5.92 Å². The van der Waals surface area contributed by atoms with Crippen LogP contribution >= 0.6 is 23.2 Å². The Morgan fingerprint density at radius 1 is 0.773 bits per heavy atom. The third kappa shape index (κ3) is 8.40. The smallest absolute Gasteiger partial charge is 0.264 e. The number of carbonyl (C=O) groups excluding carboxylic acids is 2. The lowest BCUT2D eigenvalue weighted by molar-refractivity contribution is -0.140. The molecule has 1 atom stereocenters. The molecule has 7 nitrogen and oxygen atoms in total. The zero-order chi connectivity index (χ0) is 31.7. The van der Waals surface area contributed by atoms with Crippen molar-refractivity contribution < 1.29 is 18.0 Å². The molecule has 44 heavy (non-hydrogen) atoms. The van der Waals surface area contributed by atoms with E-state index in [-0.39, 0.29) is 40.4 Å². The number of nitrogens with one attached hydrogen (secondary N) is 1. The highest BCUT2D eigenvalue weighted by molar-refractivity contribution is 7.92. The van der Waals surface area contributed by atoms with E-state index in [1.54, 1.807) is 66.7 Å². The van der Waals surface area contributed by atoms with Crippen molar-refractivity contribution in [1.82, 2.24) is 10.2 Å². The molecular weight excluding hydrogens is 617 g/mol. The molecule has 0 bridgehead atoms. The number of carbonyl (C=O) groups is 2. The van der Waals surface area contributed by atoms with Crippen LogP contribution in [0, 0.1) is 5.92 Å². The van der Waals surface area contributed by atoms with Gasteiger partial charge < -0.3 is 10.2 Å². The van der Waals surface area contributed by atoms with Crippen LogP contribution in [0.2, 0.25) is 10.0 Å². The van der Waals surface area contributed by atoms with Gasteiger partial charge in [-0.3, -0.25) is 13.9 Å². The molecule has 0 aromatic heterocycles. The zero-order valence-electron chi connectivity index (χ0n) is 24.6. The summed E-state index contributed by atoms with van der Waals surface area (Å²) >= 11 is 13.0. The number of hydrogen-bond donors (Lipinski definition) is 1. The molecule has 0 heterocycles. The summed E-state index contributed by atoms with van der Waals surface area (Å²) in [5, 5.41) is 3.55. The minimum atomic E-state index is -4.24. The van der Waals surface area contributed by atoms with Crippen LogP contribution in [0.15, 0.2) is 114 Å². The predicted molar refractivity (Wildman–Crippen MR) is 176 cm³/mol. The van der Waals surface area contributed by atoms with Crippen LogP contribution < -0.4 is 9.62 Å². The lowest BCUT2D eigenvalue weighted by Gasteiger charge is -2.34. The number of sulfonamides is 1. The summed E-state index contributed by atoms with van der Waals surface area (Å²) < 4.78 is 29.0. The number of nitrogens with zero attached hydrogens (tertiary/aromatic N) is 2. The average molecular weight is 653 g/mol. The Morgan fingerprint density at radius 3 is 1.95 bits per heavy atom. The highest BCUT2D eigenvalue weighted by Crippen LogP contribution is 2.31. The molecule has 4 aromatic carbocycles. The van der Waals surface area contributed by atoms with Gasteiger partial charge in [0.2, 0.25) is 11.8 Å². The quantitative estimate of drug-likeness (QED) is 0.176. The summed E-state index contributed by atoms with van der Waals surface area (Å²) in [6.07, 6.45) is 0.207. The topological polar surface area (TPSA) is 86.8 Å². The van der Waals surface area contributed by atoms with Crippen LogP contribution in [0.1, 0.15) is 25.0 Å². The van der Waals surface area contributed by atoms with E-state index in [0.29, 0.717) is 17.1 Å². The first-order chi connectivity index (χ1) is 21.1. The van der Waals surface area contributed by atoms with Crippen LogP contribution in [0.4, 0.5) is 5.69 Å². The summed E-state index contributed by atoms with van der Waals surface area (Å²) in [4.78, 5) is 29.7. The summed E-state index contributed by atoms with van der Waals surface area (Å²) in [5.41, 5.74) is 1.61. The molecule has 4 rings (SSSR count). The van der Waals surface area contributed by atoms with Gasteiger partial charge in [0.15, 0.2) is 0 Å². The first kappa shape index (κ1) is 33.1. The SMILES string of the molecule is CC(C)CNC(=O)[C@@H](Cc1ccccc1)N(Cc1ccccc1Cl)C(=O)CN(c1ccccc1Cl)S(=O)(=O)c1ccccc1. The second-order valence-electron chi connectivity index (χ2n) is 10.7. The minimum absolute atomic E-state index is 0.000820. The maximum absolute atomic E-state index is 14.5. The van der Waals surface area contributed by atoms with Gasteiger partial charge in [-0.1, -0.05) is 116 Å². The third-order valence-corrected chi connectivity index (χ3v) is 9.45. The van der Waals surface area contributed by atoms with Crippen LogP contribution in [0.3, 0.4) is 0 Å². The summed E-state index contributed by atoms with van der Waals surface area (Å²) in [6, 6.07) is 29.8.